The molecule has 0 atom stereocenters. The van der Waals surface area contributed by atoms with E-state index in [1.807, 2.05) is 6.07 Å². The van der Waals surface area contributed by atoms with E-state index in [4.69, 9.17) is 11.6 Å². The first-order valence-corrected chi connectivity index (χ1v) is 6.06. The molecule has 0 saturated heterocycles. The predicted molar refractivity (Wildman–Crippen MR) is 65.0 cm³/mol. The van der Waals surface area contributed by atoms with Crippen molar-refractivity contribution in [2.45, 2.75) is 19.3 Å². The van der Waals surface area contributed by atoms with E-state index >= 15 is 0 Å². The summed E-state index contributed by atoms with van der Waals surface area (Å²) in [6, 6.07) is 1.96. The van der Waals surface area contributed by atoms with Crippen LogP contribution in [-0.4, -0.2) is 17.4 Å². The molecular formula is C10H14BrClN2. The van der Waals surface area contributed by atoms with Crippen molar-refractivity contribution in [1.29, 1.82) is 0 Å². The Hall–Kier alpha value is -0.280. The molecule has 1 rings (SSSR count). The van der Waals surface area contributed by atoms with Crippen molar-refractivity contribution in [2.24, 2.45) is 0 Å². The molecular weight excluding hydrogens is 263 g/mol. The SMILES string of the molecule is ClCCCCCNc1ccncc1Br. The van der Waals surface area contributed by atoms with Crippen LogP contribution in [0.3, 0.4) is 0 Å². The van der Waals surface area contributed by atoms with Gasteiger partial charge in [-0.15, -0.1) is 11.6 Å². The third-order valence-corrected chi connectivity index (χ3v) is 2.80. The lowest BCUT2D eigenvalue weighted by Gasteiger charge is -2.06. The number of anilines is 1. The molecule has 0 aliphatic carbocycles. The summed E-state index contributed by atoms with van der Waals surface area (Å²) in [6.07, 6.45) is 7.01. The van der Waals surface area contributed by atoms with Gasteiger partial charge in [-0.3, -0.25) is 4.98 Å². The molecule has 78 valence electrons. The van der Waals surface area contributed by atoms with Crippen LogP contribution >= 0.6 is 27.5 Å². The zero-order chi connectivity index (χ0) is 10.2. The number of rotatable bonds is 6. The summed E-state index contributed by atoms with van der Waals surface area (Å²) in [5.41, 5.74) is 1.10. The molecule has 0 amide bonds. The molecule has 0 radical (unpaired) electrons. The van der Waals surface area contributed by atoms with Gasteiger partial charge in [-0.05, 0) is 34.8 Å². The van der Waals surface area contributed by atoms with Gasteiger partial charge in [-0.1, -0.05) is 6.42 Å². The van der Waals surface area contributed by atoms with E-state index in [1.54, 1.807) is 12.4 Å². The van der Waals surface area contributed by atoms with Crippen molar-refractivity contribution in [3.05, 3.63) is 22.9 Å². The molecule has 0 aromatic carbocycles. The molecule has 0 fully saturated rings. The Morgan fingerprint density at radius 2 is 2.21 bits per heavy atom. The van der Waals surface area contributed by atoms with Gasteiger partial charge in [0.15, 0.2) is 0 Å². The van der Waals surface area contributed by atoms with Crippen molar-refractivity contribution in [3.8, 4) is 0 Å². The van der Waals surface area contributed by atoms with Gasteiger partial charge in [0.1, 0.15) is 0 Å². The minimum Gasteiger partial charge on any atom is -0.384 e. The van der Waals surface area contributed by atoms with Gasteiger partial charge in [0.05, 0.1) is 10.2 Å². The van der Waals surface area contributed by atoms with E-state index in [0.717, 1.165) is 35.4 Å². The van der Waals surface area contributed by atoms with Gasteiger partial charge < -0.3 is 5.32 Å². The lowest BCUT2D eigenvalue weighted by atomic mass is 10.2. The topological polar surface area (TPSA) is 24.9 Å². The Labute approximate surface area is 98.2 Å². The maximum Gasteiger partial charge on any atom is 0.0590 e. The summed E-state index contributed by atoms with van der Waals surface area (Å²) in [6.45, 7) is 0.986. The molecule has 0 saturated carbocycles. The standard InChI is InChI=1S/C10H14BrClN2/c11-9-8-13-7-4-10(9)14-6-3-1-2-5-12/h4,7-8H,1-3,5-6H2,(H,13,14). The molecule has 0 aliphatic rings. The summed E-state index contributed by atoms with van der Waals surface area (Å²) in [5.74, 6) is 0.763. The average Bonchev–Trinajstić information content (AvgIpc) is 2.20. The van der Waals surface area contributed by atoms with Gasteiger partial charge in [0.2, 0.25) is 0 Å². The second kappa shape index (κ2) is 7.07. The quantitative estimate of drug-likeness (QED) is 0.634. The van der Waals surface area contributed by atoms with Gasteiger partial charge >= 0.3 is 0 Å². The fraction of sp³-hybridized carbons (Fsp3) is 0.500. The van der Waals surface area contributed by atoms with Crippen molar-refractivity contribution in [3.63, 3.8) is 0 Å². The molecule has 0 spiro atoms. The van der Waals surface area contributed by atoms with E-state index in [1.165, 1.54) is 6.42 Å². The third kappa shape index (κ3) is 4.29. The molecule has 0 aliphatic heterocycles. The van der Waals surface area contributed by atoms with Crippen molar-refractivity contribution >= 4 is 33.2 Å². The lowest BCUT2D eigenvalue weighted by Crippen LogP contribution is -2.02. The maximum atomic E-state index is 5.59. The minimum absolute atomic E-state index is 0.763. The van der Waals surface area contributed by atoms with Crippen LogP contribution in [0.25, 0.3) is 0 Å². The van der Waals surface area contributed by atoms with Gasteiger partial charge in [-0.2, -0.15) is 0 Å². The van der Waals surface area contributed by atoms with E-state index < -0.39 is 0 Å². The van der Waals surface area contributed by atoms with Crippen LogP contribution in [0.4, 0.5) is 5.69 Å². The molecule has 1 aromatic heterocycles. The van der Waals surface area contributed by atoms with E-state index in [2.05, 4.69) is 26.2 Å². The highest BCUT2D eigenvalue weighted by Gasteiger charge is 1.96. The number of hydrogen-bond donors (Lipinski definition) is 1. The van der Waals surface area contributed by atoms with E-state index in [0.29, 0.717) is 0 Å². The Morgan fingerprint density at radius 1 is 1.36 bits per heavy atom. The monoisotopic (exact) mass is 276 g/mol. The number of unbranched alkanes of at least 4 members (excludes halogenated alkanes) is 2. The smallest absolute Gasteiger partial charge is 0.0590 e. The number of pyridine rings is 1. The highest BCUT2D eigenvalue weighted by atomic mass is 79.9. The fourth-order valence-electron chi connectivity index (χ4n) is 1.14. The van der Waals surface area contributed by atoms with Crippen LogP contribution in [0.15, 0.2) is 22.9 Å². The maximum absolute atomic E-state index is 5.59. The van der Waals surface area contributed by atoms with Crippen LogP contribution in [0.2, 0.25) is 0 Å². The van der Waals surface area contributed by atoms with Crippen LogP contribution in [0, 0.1) is 0 Å². The zero-order valence-electron chi connectivity index (χ0n) is 7.97. The molecule has 0 bridgehead atoms. The first kappa shape index (κ1) is 11.8. The molecule has 0 unspecified atom stereocenters. The zero-order valence-corrected chi connectivity index (χ0v) is 10.3. The Kier molecular flexibility index (Phi) is 5.96. The summed E-state index contributed by atoms with van der Waals surface area (Å²) in [4.78, 5) is 4.00. The average molecular weight is 278 g/mol. The number of halogens is 2. The second-order valence-corrected chi connectivity index (χ2v) is 4.26. The number of nitrogens with zero attached hydrogens (tertiary/aromatic N) is 1. The number of aromatic nitrogens is 1. The Bertz CT molecular complexity index is 268. The number of alkyl halides is 1. The molecule has 1 N–H and O–H groups in total. The lowest BCUT2D eigenvalue weighted by molar-refractivity contribution is 0.747. The normalized spacial score (nSPS) is 10.1. The van der Waals surface area contributed by atoms with Gasteiger partial charge in [0.25, 0.3) is 0 Å². The molecule has 4 heteroatoms. The first-order chi connectivity index (χ1) is 6.84. The predicted octanol–water partition coefficient (Wildman–Crippen LogP) is 3.67. The van der Waals surface area contributed by atoms with Gasteiger partial charge in [-0.25, -0.2) is 0 Å². The molecule has 14 heavy (non-hydrogen) atoms. The first-order valence-electron chi connectivity index (χ1n) is 4.74. The highest BCUT2D eigenvalue weighted by molar-refractivity contribution is 9.10. The molecule has 2 nitrogen and oxygen atoms in total. The summed E-state index contributed by atoms with van der Waals surface area (Å²) < 4.78 is 1.01. The Balaban J connectivity index is 2.21. The number of nitrogens with one attached hydrogen (secondary N) is 1. The summed E-state index contributed by atoms with van der Waals surface area (Å²) in [5, 5.41) is 3.34. The fourth-order valence-corrected chi connectivity index (χ4v) is 1.72. The van der Waals surface area contributed by atoms with Gasteiger partial charge in [0, 0.05) is 24.8 Å². The molecule has 1 heterocycles. The second-order valence-electron chi connectivity index (χ2n) is 3.03. The van der Waals surface area contributed by atoms with Crippen LogP contribution in [-0.2, 0) is 0 Å². The van der Waals surface area contributed by atoms with Crippen molar-refractivity contribution < 1.29 is 0 Å². The largest absolute Gasteiger partial charge is 0.384 e. The van der Waals surface area contributed by atoms with E-state index in [9.17, 15) is 0 Å². The number of hydrogen-bond acceptors (Lipinski definition) is 2. The van der Waals surface area contributed by atoms with Crippen molar-refractivity contribution in [2.75, 3.05) is 17.7 Å². The van der Waals surface area contributed by atoms with Crippen LogP contribution in [0.1, 0.15) is 19.3 Å². The summed E-state index contributed by atoms with van der Waals surface area (Å²) >= 11 is 9.02. The Morgan fingerprint density at radius 3 is 2.93 bits per heavy atom. The van der Waals surface area contributed by atoms with Crippen molar-refractivity contribution in [1.82, 2.24) is 4.98 Å². The summed E-state index contributed by atoms with van der Waals surface area (Å²) in [7, 11) is 0. The minimum atomic E-state index is 0.763. The van der Waals surface area contributed by atoms with Crippen LogP contribution in [0.5, 0.6) is 0 Å². The highest BCUT2D eigenvalue weighted by Crippen LogP contribution is 2.19. The van der Waals surface area contributed by atoms with Crippen LogP contribution < -0.4 is 5.32 Å². The molecule has 1 aromatic rings. The van der Waals surface area contributed by atoms with E-state index in [-0.39, 0.29) is 0 Å². The third-order valence-electron chi connectivity index (χ3n) is 1.90.